The van der Waals surface area contributed by atoms with Gasteiger partial charge in [-0.1, -0.05) is 17.7 Å². The van der Waals surface area contributed by atoms with E-state index in [9.17, 15) is 5.11 Å². The number of benzene rings is 1. The number of aliphatic hydroxyl groups is 1. The third-order valence-electron chi connectivity index (χ3n) is 2.89. The zero-order valence-corrected chi connectivity index (χ0v) is 11.4. The number of aliphatic hydroxyl groups excluding tert-OH is 1. The molecule has 1 aromatic rings. The molecule has 0 radical (unpaired) electrons. The molecule has 1 heterocycles. The summed E-state index contributed by atoms with van der Waals surface area (Å²) in [6, 6.07) is 5.74. The van der Waals surface area contributed by atoms with Crippen LogP contribution in [0.5, 0.6) is 0 Å². The van der Waals surface area contributed by atoms with E-state index < -0.39 is 6.10 Å². The summed E-state index contributed by atoms with van der Waals surface area (Å²) >= 11 is 7.91. The fraction of sp³-hybridized carbons (Fsp3) is 0.538. The van der Waals surface area contributed by atoms with Crippen LogP contribution in [0.1, 0.15) is 31.4 Å². The fourth-order valence-electron chi connectivity index (χ4n) is 1.85. The van der Waals surface area contributed by atoms with E-state index in [1.54, 1.807) is 18.7 Å². The van der Waals surface area contributed by atoms with Crippen molar-refractivity contribution in [1.82, 2.24) is 0 Å². The third kappa shape index (κ3) is 3.62. The smallest absolute Gasteiger partial charge is 0.0762 e. The highest BCUT2D eigenvalue weighted by Crippen LogP contribution is 2.31. The molecule has 94 valence electrons. The second kappa shape index (κ2) is 6.10. The Kier molecular flexibility index (Phi) is 4.74. The van der Waals surface area contributed by atoms with Gasteiger partial charge in [-0.15, -0.1) is 11.8 Å². The molecule has 0 saturated carbocycles. The Morgan fingerprint density at radius 3 is 3.00 bits per heavy atom. The van der Waals surface area contributed by atoms with E-state index in [1.807, 2.05) is 18.2 Å². The summed E-state index contributed by atoms with van der Waals surface area (Å²) in [5.41, 5.74) is 0.858. The molecule has 1 aliphatic heterocycles. The molecule has 1 N–H and O–H groups in total. The van der Waals surface area contributed by atoms with Gasteiger partial charge in [-0.05, 0) is 37.5 Å². The molecule has 1 saturated heterocycles. The molecule has 1 aromatic carbocycles. The molecule has 4 heteroatoms. The van der Waals surface area contributed by atoms with Crippen molar-refractivity contribution >= 4 is 23.4 Å². The first-order valence-corrected chi connectivity index (χ1v) is 7.25. The molecule has 1 aliphatic rings. The van der Waals surface area contributed by atoms with Crippen molar-refractivity contribution in [2.75, 3.05) is 12.4 Å². The van der Waals surface area contributed by atoms with Crippen molar-refractivity contribution in [2.45, 2.75) is 36.9 Å². The molecular formula is C13H17ClO2S. The summed E-state index contributed by atoms with van der Waals surface area (Å²) in [6.45, 7) is 2.63. The number of rotatable bonds is 4. The molecule has 0 aliphatic carbocycles. The predicted molar refractivity (Wildman–Crippen MR) is 71.8 cm³/mol. The third-order valence-corrected chi connectivity index (χ3v) is 4.52. The van der Waals surface area contributed by atoms with E-state index in [0.717, 1.165) is 29.2 Å². The standard InChI is InChI=1S/C13H17ClO2S/c1-9(15)10-4-5-13(12(14)7-10)17-8-11-3-2-6-16-11/h4-5,7,9,11,15H,2-3,6,8H2,1H3/t9-,11?/m1/s1. The first kappa shape index (κ1) is 13.2. The van der Waals surface area contributed by atoms with Gasteiger partial charge < -0.3 is 9.84 Å². The lowest BCUT2D eigenvalue weighted by Crippen LogP contribution is -2.07. The van der Waals surface area contributed by atoms with E-state index in [0.29, 0.717) is 11.1 Å². The van der Waals surface area contributed by atoms with Gasteiger partial charge in [-0.25, -0.2) is 0 Å². The predicted octanol–water partition coefficient (Wildman–Crippen LogP) is 3.66. The van der Waals surface area contributed by atoms with Gasteiger partial charge in [0, 0.05) is 17.3 Å². The SMILES string of the molecule is C[C@@H](O)c1ccc(SCC2CCCO2)c(Cl)c1. The van der Waals surface area contributed by atoms with E-state index in [1.165, 1.54) is 6.42 Å². The van der Waals surface area contributed by atoms with E-state index in [-0.39, 0.29) is 0 Å². The van der Waals surface area contributed by atoms with Crippen LogP contribution in [0, 0.1) is 0 Å². The summed E-state index contributed by atoms with van der Waals surface area (Å²) in [4.78, 5) is 1.06. The van der Waals surface area contributed by atoms with Gasteiger partial charge in [0.2, 0.25) is 0 Å². The van der Waals surface area contributed by atoms with Crippen LogP contribution in [-0.4, -0.2) is 23.6 Å². The van der Waals surface area contributed by atoms with Gasteiger partial charge >= 0.3 is 0 Å². The van der Waals surface area contributed by atoms with Crippen LogP contribution in [0.2, 0.25) is 5.02 Å². The monoisotopic (exact) mass is 272 g/mol. The van der Waals surface area contributed by atoms with Crippen LogP contribution in [0.4, 0.5) is 0 Å². The van der Waals surface area contributed by atoms with Crippen molar-refractivity contribution in [3.05, 3.63) is 28.8 Å². The summed E-state index contributed by atoms with van der Waals surface area (Å²) in [7, 11) is 0. The van der Waals surface area contributed by atoms with Crippen LogP contribution >= 0.6 is 23.4 Å². The lowest BCUT2D eigenvalue weighted by Gasteiger charge is -2.11. The minimum atomic E-state index is -0.468. The number of halogens is 1. The normalized spacial score (nSPS) is 21.7. The largest absolute Gasteiger partial charge is 0.389 e. The molecule has 0 amide bonds. The van der Waals surface area contributed by atoms with Crippen molar-refractivity contribution in [2.24, 2.45) is 0 Å². The number of thioether (sulfide) groups is 1. The second-order valence-electron chi connectivity index (χ2n) is 4.31. The average Bonchev–Trinajstić information content (AvgIpc) is 2.80. The Balaban J connectivity index is 1.96. The molecule has 2 nitrogen and oxygen atoms in total. The van der Waals surface area contributed by atoms with Crippen LogP contribution in [0.15, 0.2) is 23.1 Å². The summed E-state index contributed by atoms with van der Waals surface area (Å²) in [5.74, 6) is 0.952. The van der Waals surface area contributed by atoms with Crippen LogP contribution < -0.4 is 0 Å². The number of hydrogen-bond acceptors (Lipinski definition) is 3. The van der Waals surface area contributed by atoms with Gasteiger partial charge in [-0.2, -0.15) is 0 Å². The van der Waals surface area contributed by atoms with Crippen LogP contribution in [-0.2, 0) is 4.74 Å². The summed E-state index contributed by atoms with van der Waals surface area (Å²) in [6.07, 6.45) is 2.22. The van der Waals surface area contributed by atoms with Crippen molar-refractivity contribution < 1.29 is 9.84 Å². The van der Waals surface area contributed by atoms with E-state index in [4.69, 9.17) is 16.3 Å². The van der Waals surface area contributed by atoms with Crippen LogP contribution in [0.3, 0.4) is 0 Å². The minimum absolute atomic E-state index is 0.368. The molecular weight excluding hydrogens is 256 g/mol. The van der Waals surface area contributed by atoms with Gasteiger partial charge in [0.1, 0.15) is 0 Å². The highest BCUT2D eigenvalue weighted by atomic mass is 35.5. The van der Waals surface area contributed by atoms with Crippen molar-refractivity contribution in [3.63, 3.8) is 0 Å². The van der Waals surface area contributed by atoms with Crippen molar-refractivity contribution in [3.8, 4) is 0 Å². The Bertz CT molecular complexity index is 376. The highest BCUT2D eigenvalue weighted by molar-refractivity contribution is 7.99. The lowest BCUT2D eigenvalue weighted by molar-refractivity contribution is 0.129. The maximum absolute atomic E-state index is 9.46. The van der Waals surface area contributed by atoms with E-state index in [2.05, 4.69) is 0 Å². The first-order valence-electron chi connectivity index (χ1n) is 5.88. The topological polar surface area (TPSA) is 29.5 Å². The minimum Gasteiger partial charge on any atom is -0.389 e. The van der Waals surface area contributed by atoms with Gasteiger partial charge in [0.25, 0.3) is 0 Å². The average molecular weight is 273 g/mol. The molecule has 0 aromatic heterocycles. The highest BCUT2D eigenvalue weighted by Gasteiger charge is 2.16. The first-order chi connectivity index (χ1) is 8.16. The maximum atomic E-state index is 9.46. The molecule has 1 unspecified atom stereocenters. The second-order valence-corrected chi connectivity index (χ2v) is 5.78. The Labute approximate surface area is 111 Å². The zero-order chi connectivity index (χ0) is 12.3. The van der Waals surface area contributed by atoms with Gasteiger partial charge in [0.05, 0.1) is 17.2 Å². The molecule has 1 fully saturated rings. The van der Waals surface area contributed by atoms with Gasteiger partial charge in [-0.3, -0.25) is 0 Å². The number of hydrogen-bond donors (Lipinski definition) is 1. The van der Waals surface area contributed by atoms with E-state index >= 15 is 0 Å². The number of ether oxygens (including phenoxy) is 1. The Morgan fingerprint density at radius 1 is 1.59 bits per heavy atom. The molecule has 2 rings (SSSR count). The van der Waals surface area contributed by atoms with Crippen LogP contribution in [0.25, 0.3) is 0 Å². The van der Waals surface area contributed by atoms with Crippen molar-refractivity contribution in [1.29, 1.82) is 0 Å². The molecule has 2 atom stereocenters. The molecule has 17 heavy (non-hydrogen) atoms. The molecule has 0 spiro atoms. The quantitative estimate of drug-likeness (QED) is 0.848. The lowest BCUT2D eigenvalue weighted by atomic mass is 10.1. The molecule has 0 bridgehead atoms. The maximum Gasteiger partial charge on any atom is 0.0762 e. The Hall–Kier alpha value is -0.220. The fourth-order valence-corrected chi connectivity index (χ4v) is 3.19. The summed E-state index contributed by atoms with van der Waals surface area (Å²) < 4.78 is 5.57. The zero-order valence-electron chi connectivity index (χ0n) is 9.86. The van der Waals surface area contributed by atoms with Gasteiger partial charge in [0.15, 0.2) is 0 Å². The Morgan fingerprint density at radius 2 is 2.41 bits per heavy atom. The summed E-state index contributed by atoms with van der Waals surface area (Å²) in [5, 5.41) is 10.2.